The molecule has 4 rings (SSSR count). The molecule has 132 valence electrons. The van der Waals surface area contributed by atoms with E-state index in [1.54, 1.807) is 50.6 Å². The molecule has 0 radical (unpaired) electrons. The van der Waals surface area contributed by atoms with E-state index in [-0.39, 0.29) is 17.1 Å². The summed E-state index contributed by atoms with van der Waals surface area (Å²) in [6, 6.07) is 11.7. The first-order valence-electron chi connectivity index (χ1n) is 8.12. The summed E-state index contributed by atoms with van der Waals surface area (Å²) in [7, 11) is 4.72. The van der Waals surface area contributed by atoms with Crippen LogP contribution >= 0.6 is 0 Å². The molecule has 0 spiro atoms. The van der Waals surface area contributed by atoms with Crippen molar-refractivity contribution in [1.82, 2.24) is 4.90 Å². The lowest BCUT2D eigenvalue weighted by Gasteiger charge is -2.23. The van der Waals surface area contributed by atoms with Gasteiger partial charge < -0.3 is 18.8 Å². The largest absolute Gasteiger partial charge is 0.493 e. The van der Waals surface area contributed by atoms with E-state index in [2.05, 4.69) is 0 Å². The Kier molecular flexibility index (Phi) is 3.68. The molecule has 1 aliphatic rings. The second-order valence-corrected chi connectivity index (χ2v) is 6.07. The Morgan fingerprint density at radius 3 is 2.50 bits per heavy atom. The second kappa shape index (κ2) is 5.91. The van der Waals surface area contributed by atoms with Crippen molar-refractivity contribution in [3.05, 3.63) is 69.6 Å². The molecule has 0 fully saturated rings. The zero-order valence-electron chi connectivity index (χ0n) is 14.6. The topological polar surface area (TPSA) is 69.0 Å². The number of hydrogen-bond acceptors (Lipinski definition) is 5. The van der Waals surface area contributed by atoms with Crippen LogP contribution in [0.3, 0.4) is 0 Å². The van der Waals surface area contributed by atoms with Gasteiger partial charge in [-0.25, -0.2) is 0 Å². The highest BCUT2D eigenvalue weighted by Gasteiger charge is 2.42. The highest BCUT2D eigenvalue weighted by molar-refractivity contribution is 5.99. The molecular formula is C20H17NO5. The van der Waals surface area contributed by atoms with Gasteiger partial charge in [-0.1, -0.05) is 24.3 Å². The predicted molar refractivity (Wildman–Crippen MR) is 96.0 cm³/mol. The van der Waals surface area contributed by atoms with Gasteiger partial charge in [-0.2, -0.15) is 0 Å². The predicted octanol–water partition coefficient (Wildman–Crippen LogP) is 2.99. The summed E-state index contributed by atoms with van der Waals surface area (Å²) < 4.78 is 16.7. The van der Waals surface area contributed by atoms with Gasteiger partial charge in [0.25, 0.3) is 5.91 Å². The zero-order chi connectivity index (χ0) is 18.4. The molecule has 0 bridgehead atoms. The molecule has 6 nitrogen and oxygen atoms in total. The number of benzene rings is 2. The van der Waals surface area contributed by atoms with Gasteiger partial charge in [0.15, 0.2) is 16.9 Å². The van der Waals surface area contributed by atoms with Gasteiger partial charge in [0.05, 0.1) is 31.2 Å². The highest BCUT2D eigenvalue weighted by atomic mass is 16.5. The average molecular weight is 351 g/mol. The van der Waals surface area contributed by atoms with Gasteiger partial charge in [-0.15, -0.1) is 0 Å². The van der Waals surface area contributed by atoms with Crippen LogP contribution in [0.25, 0.3) is 11.0 Å². The van der Waals surface area contributed by atoms with Crippen molar-refractivity contribution in [2.45, 2.75) is 6.04 Å². The fourth-order valence-electron chi connectivity index (χ4n) is 3.53. The molecule has 0 N–H and O–H groups in total. The average Bonchev–Trinajstić information content (AvgIpc) is 2.92. The Balaban J connectivity index is 2.04. The van der Waals surface area contributed by atoms with E-state index in [4.69, 9.17) is 13.9 Å². The normalized spacial score (nSPS) is 16.0. The molecule has 3 aromatic rings. The minimum Gasteiger partial charge on any atom is -0.493 e. The summed E-state index contributed by atoms with van der Waals surface area (Å²) in [4.78, 5) is 27.4. The van der Waals surface area contributed by atoms with Crippen molar-refractivity contribution in [3.63, 3.8) is 0 Å². The van der Waals surface area contributed by atoms with E-state index in [1.165, 1.54) is 12.0 Å². The number of carbonyl (C=O) groups is 1. The monoisotopic (exact) mass is 351 g/mol. The molecule has 2 aromatic carbocycles. The molecule has 6 heteroatoms. The number of amides is 1. The number of hydrogen-bond donors (Lipinski definition) is 0. The lowest BCUT2D eigenvalue weighted by atomic mass is 9.97. The van der Waals surface area contributed by atoms with Crippen LogP contribution in [0.4, 0.5) is 0 Å². The molecule has 26 heavy (non-hydrogen) atoms. The van der Waals surface area contributed by atoms with Crippen molar-refractivity contribution in [3.8, 4) is 11.5 Å². The van der Waals surface area contributed by atoms with Crippen molar-refractivity contribution in [2.24, 2.45) is 0 Å². The minimum absolute atomic E-state index is 0.0751. The second-order valence-electron chi connectivity index (χ2n) is 6.07. The maximum Gasteiger partial charge on any atom is 0.290 e. The first-order valence-corrected chi connectivity index (χ1v) is 8.12. The molecule has 0 saturated heterocycles. The molecule has 0 aliphatic carbocycles. The standard InChI is InChI=1S/C20H17NO5/c1-21-16(12-8-6-10-14(24-2)18(12)25-3)15-17(22)11-7-4-5-9-13(11)26-19(15)20(21)23/h4-10,16H,1-3H3/t16-/m0/s1. The van der Waals surface area contributed by atoms with Crippen LogP contribution in [0.2, 0.25) is 0 Å². The summed E-state index contributed by atoms with van der Waals surface area (Å²) in [5.74, 6) is 0.758. The van der Waals surface area contributed by atoms with Crippen LogP contribution in [0.1, 0.15) is 27.7 Å². The van der Waals surface area contributed by atoms with Gasteiger partial charge >= 0.3 is 0 Å². The smallest absolute Gasteiger partial charge is 0.290 e. The highest BCUT2D eigenvalue weighted by Crippen LogP contribution is 2.43. The van der Waals surface area contributed by atoms with Crippen molar-refractivity contribution >= 4 is 16.9 Å². The van der Waals surface area contributed by atoms with Gasteiger partial charge in [0.1, 0.15) is 5.58 Å². The van der Waals surface area contributed by atoms with E-state index >= 15 is 0 Å². The maximum absolute atomic E-state index is 13.1. The molecule has 0 unspecified atom stereocenters. The Hall–Kier alpha value is -3.28. The zero-order valence-corrected chi connectivity index (χ0v) is 14.6. The minimum atomic E-state index is -0.608. The van der Waals surface area contributed by atoms with Crippen LogP contribution in [0.15, 0.2) is 51.7 Å². The van der Waals surface area contributed by atoms with Gasteiger partial charge in [-0.3, -0.25) is 9.59 Å². The lowest BCUT2D eigenvalue weighted by Crippen LogP contribution is -2.25. The number of nitrogens with zero attached hydrogens (tertiary/aromatic N) is 1. The molecule has 1 atom stereocenters. The van der Waals surface area contributed by atoms with E-state index in [0.717, 1.165) is 0 Å². The number of methoxy groups -OCH3 is 2. The maximum atomic E-state index is 13.1. The van der Waals surface area contributed by atoms with Crippen molar-refractivity contribution in [1.29, 1.82) is 0 Å². The SMILES string of the molecule is COc1cccc([C@H]2c3c(oc4ccccc4c3=O)C(=O)N2C)c1OC. The third-order valence-electron chi connectivity index (χ3n) is 4.74. The van der Waals surface area contributed by atoms with E-state index in [9.17, 15) is 9.59 Å². The number of para-hydroxylation sites is 2. The first-order chi connectivity index (χ1) is 12.6. The van der Waals surface area contributed by atoms with Gasteiger partial charge in [0.2, 0.25) is 5.76 Å². The molecule has 2 heterocycles. The third kappa shape index (κ3) is 2.12. The van der Waals surface area contributed by atoms with Crippen LogP contribution in [-0.4, -0.2) is 32.1 Å². The fourth-order valence-corrected chi connectivity index (χ4v) is 3.53. The molecule has 1 aromatic heterocycles. The van der Waals surface area contributed by atoms with E-state index in [1.807, 2.05) is 6.07 Å². The summed E-state index contributed by atoms with van der Waals surface area (Å²) in [5.41, 5.74) is 1.18. The Bertz CT molecular complexity index is 1090. The van der Waals surface area contributed by atoms with Crippen molar-refractivity contribution < 1.29 is 18.7 Å². The van der Waals surface area contributed by atoms with Crippen molar-refractivity contribution in [2.75, 3.05) is 21.3 Å². The van der Waals surface area contributed by atoms with Gasteiger partial charge in [-0.05, 0) is 18.2 Å². The molecule has 0 saturated carbocycles. The van der Waals surface area contributed by atoms with E-state index in [0.29, 0.717) is 33.6 Å². The van der Waals surface area contributed by atoms with Gasteiger partial charge in [0, 0.05) is 12.6 Å². The Labute approximate surface area is 149 Å². The van der Waals surface area contributed by atoms with Crippen LogP contribution in [0, 0.1) is 0 Å². The number of ether oxygens (including phenoxy) is 2. The van der Waals surface area contributed by atoms with Crippen LogP contribution in [0.5, 0.6) is 11.5 Å². The molecule has 1 aliphatic heterocycles. The van der Waals surface area contributed by atoms with Crippen LogP contribution in [-0.2, 0) is 0 Å². The summed E-state index contributed by atoms with van der Waals surface area (Å²) in [6.07, 6.45) is 0. The fraction of sp³-hybridized carbons (Fsp3) is 0.200. The quantitative estimate of drug-likeness (QED) is 0.726. The van der Waals surface area contributed by atoms with Crippen LogP contribution < -0.4 is 14.9 Å². The summed E-state index contributed by atoms with van der Waals surface area (Å²) in [6.45, 7) is 0. The Morgan fingerprint density at radius 2 is 1.77 bits per heavy atom. The summed E-state index contributed by atoms with van der Waals surface area (Å²) in [5, 5.41) is 0.446. The number of carbonyl (C=O) groups excluding carboxylic acids is 1. The Morgan fingerprint density at radius 1 is 1.00 bits per heavy atom. The van der Waals surface area contributed by atoms with E-state index < -0.39 is 6.04 Å². The molecular weight excluding hydrogens is 334 g/mol. The first kappa shape index (κ1) is 16.2. The third-order valence-corrected chi connectivity index (χ3v) is 4.74. The number of fused-ring (bicyclic) bond motifs is 2. The lowest BCUT2D eigenvalue weighted by molar-refractivity contribution is 0.0770. The molecule has 1 amide bonds. The summed E-state index contributed by atoms with van der Waals surface area (Å²) >= 11 is 0. The number of rotatable bonds is 3.